The zero-order chi connectivity index (χ0) is 44.7. The molecule has 2 fully saturated rings. The number of rotatable bonds is 19. The highest BCUT2D eigenvalue weighted by atomic mass is 16.5. The van der Waals surface area contributed by atoms with E-state index >= 15 is 0 Å². The molecule has 2 aliphatic rings. The first-order valence-corrected chi connectivity index (χ1v) is 23.2. The number of hydrogen-bond donors (Lipinski definition) is 6. The summed E-state index contributed by atoms with van der Waals surface area (Å²) < 4.78 is 13.0. The second-order valence-electron chi connectivity index (χ2n) is 18.2. The van der Waals surface area contributed by atoms with Crippen LogP contribution < -0.4 is 37.5 Å². The van der Waals surface area contributed by atoms with E-state index in [2.05, 4.69) is 42.0 Å². The number of nitrogens with one attached hydrogen (secondary N) is 4. The molecule has 14 heteroatoms. The highest BCUT2D eigenvalue weighted by Crippen LogP contribution is 2.30. The van der Waals surface area contributed by atoms with Crippen LogP contribution in [0, 0.1) is 17.8 Å². The summed E-state index contributed by atoms with van der Waals surface area (Å²) >= 11 is 0. The summed E-state index contributed by atoms with van der Waals surface area (Å²) in [4.78, 5) is 68.0. The number of hydrogen-bond acceptors (Lipinski definition) is 14. The molecule has 1 aliphatic carbocycles. The molecular formula is C47H81N7O7. The van der Waals surface area contributed by atoms with E-state index in [-0.39, 0.29) is 55.7 Å². The normalized spacial score (nSPS) is 32.2. The van der Waals surface area contributed by atoms with E-state index in [1.165, 1.54) is 0 Å². The summed E-state index contributed by atoms with van der Waals surface area (Å²) in [5.74, 6) is 0.607. The van der Waals surface area contributed by atoms with Crippen molar-refractivity contribution >= 4 is 31.4 Å². The number of benzene rings is 1. The molecule has 3 rings (SSSR count). The summed E-state index contributed by atoms with van der Waals surface area (Å²) in [5, 5.41) is 13.9. The molecule has 346 valence electrons. The maximum atomic E-state index is 13.3. The van der Waals surface area contributed by atoms with E-state index in [0.717, 1.165) is 108 Å². The Morgan fingerprint density at radius 2 is 1.44 bits per heavy atom. The topological polar surface area (TPSA) is 207 Å². The summed E-state index contributed by atoms with van der Waals surface area (Å²) in [6.07, 6.45) is 15.1. The molecule has 61 heavy (non-hydrogen) atoms. The predicted molar refractivity (Wildman–Crippen MR) is 242 cm³/mol. The van der Waals surface area contributed by atoms with E-state index < -0.39 is 48.3 Å². The van der Waals surface area contributed by atoms with Gasteiger partial charge in [-0.3, -0.25) is 10.2 Å². The summed E-state index contributed by atoms with van der Waals surface area (Å²) in [6.45, 7) is 11.2. The van der Waals surface area contributed by atoms with Crippen molar-refractivity contribution in [3.05, 3.63) is 29.8 Å². The van der Waals surface area contributed by atoms with Gasteiger partial charge < -0.3 is 60.9 Å². The predicted octanol–water partition coefficient (Wildman–Crippen LogP) is 3.15. The van der Waals surface area contributed by atoms with Gasteiger partial charge in [-0.05, 0) is 82.2 Å². The fourth-order valence-corrected chi connectivity index (χ4v) is 9.39. The third-order valence-corrected chi connectivity index (χ3v) is 13.0. The van der Waals surface area contributed by atoms with E-state index in [1.54, 1.807) is 0 Å². The lowest BCUT2D eigenvalue weighted by atomic mass is 9.80. The van der Waals surface area contributed by atoms with Crippen LogP contribution in [0.4, 0.5) is 0 Å². The molecule has 1 saturated carbocycles. The molecule has 1 aliphatic heterocycles. The van der Waals surface area contributed by atoms with Crippen molar-refractivity contribution in [2.24, 2.45) is 29.2 Å². The molecule has 1 saturated heterocycles. The molecule has 0 radical (unpaired) electrons. The van der Waals surface area contributed by atoms with Gasteiger partial charge in [0.25, 0.3) is 0 Å². The van der Waals surface area contributed by atoms with Gasteiger partial charge in [0.05, 0.1) is 49.0 Å². The third-order valence-electron chi connectivity index (χ3n) is 13.0. The molecular weight excluding hydrogens is 775 g/mol. The lowest BCUT2D eigenvalue weighted by molar-refractivity contribution is -0.121. The molecule has 14 nitrogen and oxygen atoms in total. The first-order chi connectivity index (χ1) is 29.5. The average molecular weight is 856 g/mol. The fourth-order valence-electron chi connectivity index (χ4n) is 9.39. The van der Waals surface area contributed by atoms with Gasteiger partial charge in [-0.1, -0.05) is 84.8 Å². The van der Waals surface area contributed by atoms with Crippen molar-refractivity contribution in [1.82, 2.24) is 26.2 Å². The Kier molecular flexibility index (Phi) is 24.6. The molecule has 0 aromatic heterocycles. The van der Waals surface area contributed by atoms with Gasteiger partial charge in [-0.25, -0.2) is 0 Å². The van der Waals surface area contributed by atoms with Crippen LogP contribution in [0.5, 0.6) is 5.75 Å². The number of carbonyl (C=O) groups is 5. The van der Waals surface area contributed by atoms with E-state index in [4.69, 9.17) is 20.9 Å². The third kappa shape index (κ3) is 16.6. The van der Waals surface area contributed by atoms with Gasteiger partial charge in [0.1, 0.15) is 43.8 Å². The number of carbonyl (C=O) groups excluding carboxylic acids is 5. The van der Waals surface area contributed by atoms with Crippen molar-refractivity contribution in [1.29, 1.82) is 0 Å². The Balaban J connectivity index is 2.15. The standard InChI is InChI=1S/C47H81N7O7/c1-7-8-9-13-16-46-34(5)45(29-59)54(6)44(23-32(2)3)41(27-57)53-47(36-14-11-10-12-15-36)42(28-58)51-38(24-49)39(25-55)52-43(40(26-56)50-33(4)30-61-46)31-60-37-19-17-35(18-20-37)21-22-48/h17-20,25-29,32-34,36,38-47,50-53H,7-16,21-24,30-31,48-49H2,1-6H3/t33-,34-,38+,39?,40?,41?,42?,43-,44+,45?,46-,47+/m1/s1. The molecule has 0 bridgehead atoms. The van der Waals surface area contributed by atoms with Gasteiger partial charge >= 0.3 is 0 Å². The number of ether oxygens (including phenoxy) is 2. The Morgan fingerprint density at radius 3 is 2.02 bits per heavy atom. The SMILES string of the molecule is CCCCCC[C@H]1OC[C@@H](C)NC(C=O)[C@@H](COc2ccc(CCN)cc2)NC(C=O)[C@H](CN)NC(C=O)[C@H](C2CCCCC2)NC(C=O)[C@H](CC(C)C)N(C)C(C=O)[C@H]1C. The molecule has 5 unspecified atom stereocenters. The van der Waals surface area contributed by atoms with Crippen LogP contribution in [0.2, 0.25) is 0 Å². The summed E-state index contributed by atoms with van der Waals surface area (Å²) in [7, 11) is 1.92. The molecule has 0 amide bonds. The zero-order valence-corrected chi connectivity index (χ0v) is 38.1. The maximum absolute atomic E-state index is 13.3. The molecule has 1 aromatic carbocycles. The van der Waals surface area contributed by atoms with Gasteiger partial charge in [0.15, 0.2) is 0 Å². The number of nitrogens with zero attached hydrogens (tertiary/aromatic N) is 1. The van der Waals surface area contributed by atoms with Crippen LogP contribution in [0.25, 0.3) is 0 Å². The second kappa shape index (κ2) is 28.7. The highest BCUT2D eigenvalue weighted by molar-refractivity contribution is 5.64. The van der Waals surface area contributed by atoms with Gasteiger partial charge in [0.2, 0.25) is 0 Å². The van der Waals surface area contributed by atoms with Crippen LogP contribution in [0.1, 0.15) is 111 Å². The zero-order valence-electron chi connectivity index (χ0n) is 38.1. The minimum Gasteiger partial charge on any atom is -0.492 e. The van der Waals surface area contributed by atoms with Crippen LogP contribution in [0.15, 0.2) is 24.3 Å². The summed E-state index contributed by atoms with van der Waals surface area (Å²) in [5.41, 5.74) is 13.2. The Bertz CT molecular complexity index is 1400. The monoisotopic (exact) mass is 856 g/mol. The molecule has 8 N–H and O–H groups in total. The number of aldehydes is 5. The molecule has 12 atom stereocenters. The van der Waals surface area contributed by atoms with E-state index in [0.29, 0.717) is 18.7 Å². The maximum Gasteiger partial charge on any atom is 0.138 e. The number of likely N-dealkylation sites (N-methyl/N-ethyl adjacent to an activating group) is 1. The van der Waals surface area contributed by atoms with Crippen molar-refractivity contribution in [3.8, 4) is 5.75 Å². The van der Waals surface area contributed by atoms with Crippen LogP contribution >= 0.6 is 0 Å². The minimum absolute atomic E-state index is 0.00783. The average Bonchev–Trinajstić information content (AvgIpc) is 3.27. The Labute approximate surface area is 366 Å². The van der Waals surface area contributed by atoms with Crippen LogP contribution in [0.3, 0.4) is 0 Å². The first-order valence-electron chi connectivity index (χ1n) is 23.2. The van der Waals surface area contributed by atoms with Crippen molar-refractivity contribution < 1.29 is 33.4 Å². The van der Waals surface area contributed by atoms with Gasteiger partial charge in [-0.15, -0.1) is 0 Å². The lowest BCUT2D eigenvalue weighted by Crippen LogP contribution is -2.67. The summed E-state index contributed by atoms with van der Waals surface area (Å²) in [6, 6.07) is 1.12. The van der Waals surface area contributed by atoms with Crippen molar-refractivity contribution in [2.45, 2.75) is 178 Å². The number of nitrogens with two attached hydrogens (primary N) is 2. The Hall–Kier alpha value is -2.95. The second-order valence-corrected chi connectivity index (χ2v) is 18.2. The molecule has 0 spiro atoms. The van der Waals surface area contributed by atoms with Crippen molar-refractivity contribution in [2.75, 3.05) is 33.4 Å². The van der Waals surface area contributed by atoms with Crippen LogP contribution in [-0.2, 0) is 35.1 Å². The quantitative estimate of drug-likeness (QED) is 0.0874. The first kappa shape index (κ1) is 52.4. The van der Waals surface area contributed by atoms with E-state index in [9.17, 15) is 24.0 Å². The van der Waals surface area contributed by atoms with Crippen LogP contribution in [-0.4, -0.2) is 136 Å². The van der Waals surface area contributed by atoms with Crippen molar-refractivity contribution in [3.63, 3.8) is 0 Å². The molecule has 1 heterocycles. The highest BCUT2D eigenvalue weighted by Gasteiger charge is 2.41. The van der Waals surface area contributed by atoms with Gasteiger partial charge in [0, 0.05) is 36.6 Å². The lowest BCUT2D eigenvalue weighted by Gasteiger charge is -2.44. The largest absolute Gasteiger partial charge is 0.492 e. The van der Waals surface area contributed by atoms with Gasteiger partial charge in [-0.2, -0.15) is 0 Å². The van der Waals surface area contributed by atoms with E-state index in [1.807, 2.05) is 50.1 Å². The Morgan fingerprint density at radius 1 is 0.803 bits per heavy atom. The fraction of sp³-hybridized carbons (Fsp3) is 0.766. The molecule has 1 aromatic rings. The smallest absolute Gasteiger partial charge is 0.138 e. The minimum atomic E-state index is -0.929. The number of unbranched alkanes of at least 4 members (excludes halogenated alkanes) is 3.